The summed E-state index contributed by atoms with van der Waals surface area (Å²) in [4.78, 5) is -0.0384. The van der Waals surface area contributed by atoms with Gasteiger partial charge in [0.25, 0.3) is 10.0 Å². The molecule has 0 aliphatic heterocycles. The van der Waals surface area contributed by atoms with Crippen LogP contribution in [-0.2, 0) is 16.4 Å². The van der Waals surface area contributed by atoms with Gasteiger partial charge >= 0.3 is 0 Å². The lowest BCUT2D eigenvalue weighted by Gasteiger charge is -2.10. The molecule has 0 aliphatic carbocycles. The van der Waals surface area contributed by atoms with Crippen molar-refractivity contribution in [1.82, 2.24) is 0 Å². The Kier molecular flexibility index (Phi) is 4.46. The Bertz CT molecular complexity index is 778. The first-order valence-corrected chi connectivity index (χ1v) is 7.73. The maximum atomic E-state index is 13.6. The monoisotopic (exact) mass is 324 g/mol. The molecule has 21 heavy (non-hydrogen) atoms. The number of para-hydroxylation sites is 1. The van der Waals surface area contributed by atoms with Crippen LogP contribution in [0.5, 0.6) is 0 Å². The van der Waals surface area contributed by atoms with Crippen molar-refractivity contribution in [2.24, 2.45) is 0 Å². The Morgan fingerprint density at radius 1 is 1.19 bits per heavy atom. The van der Waals surface area contributed by atoms with Gasteiger partial charge in [-0.25, -0.2) is 12.8 Å². The molecule has 0 aromatic heterocycles. The highest BCUT2D eigenvalue weighted by Crippen LogP contribution is 2.27. The number of halogens is 2. The van der Waals surface area contributed by atoms with Crippen molar-refractivity contribution in [2.45, 2.75) is 11.3 Å². The summed E-state index contributed by atoms with van der Waals surface area (Å²) >= 11 is 5.79. The Morgan fingerprint density at radius 3 is 2.43 bits per heavy atom. The van der Waals surface area contributed by atoms with Crippen molar-refractivity contribution in [3.05, 3.63) is 58.9 Å². The molecule has 0 saturated carbocycles. The van der Waals surface area contributed by atoms with Gasteiger partial charge in [-0.15, -0.1) is 0 Å². The van der Waals surface area contributed by atoms with Gasteiger partial charge in [0.15, 0.2) is 0 Å². The summed E-state index contributed by atoms with van der Waals surface area (Å²) in [6.07, 6.45) is 0.187. The maximum absolute atomic E-state index is 13.6. The minimum absolute atomic E-state index is 0.0281. The van der Waals surface area contributed by atoms with Gasteiger partial charge in [0.1, 0.15) is 11.5 Å². The van der Waals surface area contributed by atoms with Crippen LogP contribution in [0, 0.1) is 17.1 Å². The second-order valence-corrected chi connectivity index (χ2v) is 6.27. The predicted molar refractivity (Wildman–Crippen MR) is 78.0 cm³/mol. The summed E-state index contributed by atoms with van der Waals surface area (Å²) in [7, 11) is -3.95. The zero-order chi connectivity index (χ0) is 15.5. The van der Waals surface area contributed by atoms with Gasteiger partial charge < -0.3 is 0 Å². The molecule has 0 spiro atoms. The molecule has 1 N–H and O–H groups in total. The van der Waals surface area contributed by atoms with Gasteiger partial charge in [0.2, 0.25) is 0 Å². The lowest BCUT2D eigenvalue weighted by atomic mass is 10.2. The number of hydrogen-bond donors (Lipinski definition) is 1. The van der Waals surface area contributed by atoms with E-state index >= 15 is 0 Å². The third-order valence-corrected chi connectivity index (χ3v) is 4.40. The number of sulfonamides is 1. The number of nitriles is 1. The number of nitrogens with one attached hydrogen (secondary N) is 1. The molecule has 0 aliphatic rings. The molecule has 0 heterocycles. The van der Waals surface area contributed by atoms with E-state index in [2.05, 4.69) is 4.72 Å². The Hall–Kier alpha value is -2.10. The molecule has 2 rings (SSSR count). The number of rotatable bonds is 4. The molecule has 4 nitrogen and oxygen atoms in total. The fourth-order valence-corrected chi connectivity index (χ4v) is 3.02. The topological polar surface area (TPSA) is 70.0 Å². The fourth-order valence-electron chi connectivity index (χ4n) is 1.67. The van der Waals surface area contributed by atoms with Crippen LogP contribution >= 0.6 is 11.6 Å². The average Bonchev–Trinajstić information content (AvgIpc) is 2.44. The summed E-state index contributed by atoms with van der Waals surface area (Å²) < 4.78 is 40.1. The molecule has 0 amide bonds. The number of anilines is 1. The quantitative estimate of drug-likeness (QED) is 0.937. The summed E-state index contributed by atoms with van der Waals surface area (Å²) in [5.74, 6) is -0.757. The molecular weight excluding hydrogens is 315 g/mol. The van der Waals surface area contributed by atoms with Crippen LogP contribution in [0.25, 0.3) is 0 Å². The largest absolute Gasteiger partial charge is 0.275 e. The van der Waals surface area contributed by atoms with Crippen molar-refractivity contribution in [1.29, 1.82) is 5.26 Å². The SMILES string of the molecule is N#CCc1ccc(S(=O)(=O)Nc2c(F)cccc2Cl)cc1. The lowest BCUT2D eigenvalue weighted by molar-refractivity contribution is 0.598. The van der Waals surface area contributed by atoms with Crippen molar-refractivity contribution in [3.63, 3.8) is 0 Å². The number of benzene rings is 2. The van der Waals surface area contributed by atoms with Crippen molar-refractivity contribution >= 4 is 27.3 Å². The summed E-state index contributed by atoms with van der Waals surface area (Å²) in [6, 6.07) is 11.6. The van der Waals surface area contributed by atoms with Crippen LogP contribution in [-0.4, -0.2) is 8.42 Å². The summed E-state index contributed by atoms with van der Waals surface area (Å²) in [6.45, 7) is 0. The van der Waals surface area contributed by atoms with Crippen LogP contribution in [0.15, 0.2) is 47.4 Å². The highest BCUT2D eigenvalue weighted by atomic mass is 35.5. The van der Waals surface area contributed by atoms with Crippen molar-refractivity contribution in [2.75, 3.05) is 4.72 Å². The lowest BCUT2D eigenvalue weighted by Crippen LogP contribution is -2.14. The van der Waals surface area contributed by atoms with Crippen molar-refractivity contribution < 1.29 is 12.8 Å². The van der Waals surface area contributed by atoms with Gasteiger partial charge in [-0.1, -0.05) is 29.8 Å². The molecule has 0 bridgehead atoms. The first-order chi connectivity index (χ1) is 9.94. The molecule has 0 unspecified atom stereocenters. The van der Waals surface area contributed by atoms with Gasteiger partial charge in [0.05, 0.1) is 22.4 Å². The van der Waals surface area contributed by atoms with E-state index in [9.17, 15) is 12.8 Å². The molecule has 2 aromatic carbocycles. The third-order valence-electron chi connectivity index (χ3n) is 2.72. The Labute approximate surface area is 126 Å². The molecule has 0 fully saturated rings. The second kappa shape index (κ2) is 6.12. The van der Waals surface area contributed by atoms with Crippen LogP contribution in [0.4, 0.5) is 10.1 Å². The standard InChI is InChI=1S/C14H10ClFN2O2S/c15-12-2-1-3-13(16)14(12)18-21(19,20)11-6-4-10(5-7-11)8-9-17/h1-7,18H,8H2. The molecule has 108 valence electrons. The van der Waals surface area contributed by atoms with E-state index in [0.29, 0.717) is 5.56 Å². The second-order valence-electron chi connectivity index (χ2n) is 4.18. The van der Waals surface area contributed by atoms with E-state index in [0.717, 1.165) is 6.07 Å². The number of nitrogens with zero attached hydrogens (tertiary/aromatic N) is 1. The van der Waals surface area contributed by atoms with E-state index in [1.807, 2.05) is 6.07 Å². The van der Waals surface area contributed by atoms with Crippen LogP contribution < -0.4 is 4.72 Å². The normalized spacial score (nSPS) is 10.9. The Balaban J connectivity index is 2.32. The van der Waals surface area contributed by atoms with E-state index in [1.54, 1.807) is 0 Å². The zero-order valence-electron chi connectivity index (χ0n) is 10.7. The van der Waals surface area contributed by atoms with Gasteiger partial charge in [-0.2, -0.15) is 5.26 Å². The number of hydrogen-bond acceptors (Lipinski definition) is 3. The van der Waals surface area contributed by atoms with Gasteiger partial charge in [-0.3, -0.25) is 4.72 Å². The first kappa shape index (κ1) is 15.3. The summed E-state index contributed by atoms with van der Waals surface area (Å²) in [5.41, 5.74) is 0.403. The molecule has 7 heteroatoms. The minimum Gasteiger partial charge on any atom is -0.275 e. The molecule has 0 radical (unpaired) electrons. The molecule has 0 atom stereocenters. The molecular formula is C14H10ClFN2O2S. The maximum Gasteiger partial charge on any atom is 0.262 e. The fraction of sp³-hybridized carbons (Fsp3) is 0.0714. The van der Waals surface area contributed by atoms with Crippen LogP contribution in [0.1, 0.15) is 5.56 Å². The first-order valence-electron chi connectivity index (χ1n) is 5.87. The summed E-state index contributed by atoms with van der Waals surface area (Å²) in [5, 5.41) is 8.54. The van der Waals surface area contributed by atoms with E-state index < -0.39 is 15.8 Å². The highest BCUT2D eigenvalue weighted by molar-refractivity contribution is 7.92. The van der Waals surface area contributed by atoms with E-state index in [-0.39, 0.29) is 22.0 Å². The van der Waals surface area contributed by atoms with Crippen LogP contribution in [0.2, 0.25) is 5.02 Å². The zero-order valence-corrected chi connectivity index (χ0v) is 12.2. The van der Waals surface area contributed by atoms with E-state index in [4.69, 9.17) is 16.9 Å². The van der Waals surface area contributed by atoms with Crippen molar-refractivity contribution in [3.8, 4) is 6.07 Å². The van der Waals surface area contributed by atoms with Crippen LogP contribution in [0.3, 0.4) is 0 Å². The third kappa shape index (κ3) is 3.51. The molecule has 2 aromatic rings. The predicted octanol–water partition coefficient (Wildman–Crippen LogP) is 3.35. The van der Waals surface area contributed by atoms with Gasteiger partial charge in [0, 0.05) is 0 Å². The average molecular weight is 325 g/mol. The van der Waals surface area contributed by atoms with E-state index in [1.165, 1.54) is 36.4 Å². The Morgan fingerprint density at radius 2 is 1.86 bits per heavy atom. The van der Waals surface area contributed by atoms with Gasteiger partial charge in [-0.05, 0) is 29.8 Å². The minimum atomic E-state index is -3.95. The molecule has 0 saturated heterocycles. The smallest absolute Gasteiger partial charge is 0.262 e. The highest BCUT2D eigenvalue weighted by Gasteiger charge is 2.18.